The lowest BCUT2D eigenvalue weighted by Gasteiger charge is -2.32. The summed E-state index contributed by atoms with van der Waals surface area (Å²) in [6.45, 7) is 4.49. The number of piperidine rings is 1. The number of hydrogen-bond donors (Lipinski definition) is 1. The van der Waals surface area contributed by atoms with Gasteiger partial charge in [0.2, 0.25) is 5.91 Å². The van der Waals surface area contributed by atoms with E-state index < -0.39 is 0 Å². The fourth-order valence-corrected chi connectivity index (χ4v) is 2.74. The maximum atomic E-state index is 12.0. The van der Waals surface area contributed by atoms with Gasteiger partial charge >= 0.3 is 0 Å². The molecule has 0 unspecified atom stereocenters. The monoisotopic (exact) mass is 274 g/mol. The Morgan fingerprint density at radius 2 is 2.10 bits per heavy atom. The number of nitrogens with one attached hydrogen (secondary N) is 1. The molecule has 5 heteroatoms. The van der Waals surface area contributed by atoms with Crippen LogP contribution in [0.2, 0.25) is 0 Å². The number of hydrogen-bond acceptors (Lipinski definition) is 4. The summed E-state index contributed by atoms with van der Waals surface area (Å²) in [5.41, 5.74) is 1.04. The number of aryl methyl sites for hydroxylation is 1. The third-order valence-electron chi connectivity index (χ3n) is 4.14. The third-order valence-corrected chi connectivity index (χ3v) is 4.14. The largest absolute Gasteiger partial charge is 0.342 e. The van der Waals surface area contributed by atoms with Crippen molar-refractivity contribution in [3.05, 3.63) is 23.8 Å². The molecule has 3 rings (SSSR count). The molecular weight excluding hydrogens is 252 g/mol. The van der Waals surface area contributed by atoms with Gasteiger partial charge in [0.05, 0.1) is 5.69 Å². The summed E-state index contributed by atoms with van der Waals surface area (Å²) in [5.74, 6) is 1.55. The number of likely N-dealkylation sites (tertiary alicyclic amines) is 1. The molecule has 1 aromatic rings. The fraction of sp³-hybridized carbons (Fsp3) is 0.667. The zero-order valence-corrected chi connectivity index (χ0v) is 12.0. The summed E-state index contributed by atoms with van der Waals surface area (Å²) >= 11 is 0. The Morgan fingerprint density at radius 3 is 2.75 bits per heavy atom. The average molecular weight is 274 g/mol. The first-order valence-corrected chi connectivity index (χ1v) is 7.53. The molecule has 1 aliphatic heterocycles. The molecule has 20 heavy (non-hydrogen) atoms. The van der Waals surface area contributed by atoms with Crippen molar-refractivity contribution in [2.45, 2.75) is 45.2 Å². The maximum absolute atomic E-state index is 12.0. The van der Waals surface area contributed by atoms with E-state index in [1.54, 1.807) is 6.20 Å². The quantitative estimate of drug-likeness (QED) is 0.898. The molecule has 1 saturated carbocycles. The molecule has 5 nitrogen and oxygen atoms in total. The Bertz CT molecular complexity index is 479. The molecule has 0 spiro atoms. The summed E-state index contributed by atoms with van der Waals surface area (Å²) in [7, 11) is 0. The number of carbonyl (C=O) groups excluding carboxylic acids is 1. The predicted molar refractivity (Wildman–Crippen MR) is 75.9 cm³/mol. The summed E-state index contributed by atoms with van der Waals surface area (Å²) in [6.07, 6.45) is 6.09. The number of nitrogens with zero attached hydrogens (tertiary/aromatic N) is 3. The second-order valence-corrected chi connectivity index (χ2v) is 5.85. The van der Waals surface area contributed by atoms with Crippen LogP contribution in [0.4, 0.5) is 0 Å². The summed E-state index contributed by atoms with van der Waals surface area (Å²) in [4.78, 5) is 22.5. The second kappa shape index (κ2) is 5.87. The molecule has 1 saturated heterocycles. The van der Waals surface area contributed by atoms with Gasteiger partial charge in [0, 0.05) is 37.8 Å². The van der Waals surface area contributed by atoms with Crippen molar-refractivity contribution >= 4 is 5.91 Å². The van der Waals surface area contributed by atoms with Gasteiger partial charge in [-0.3, -0.25) is 4.79 Å². The van der Waals surface area contributed by atoms with Crippen molar-refractivity contribution in [3.8, 4) is 0 Å². The van der Waals surface area contributed by atoms with Crippen LogP contribution in [-0.4, -0.2) is 39.9 Å². The highest BCUT2D eigenvalue weighted by Crippen LogP contribution is 2.31. The van der Waals surface area contributed by atoms with Crippen molar-refractivity contribution < 1.29 is 4.79 Å². The lowest BCUT2D eigenvalue weighted by atomic mass is 10.0. The number of rotatable bonds is 4. The van der Waals surface area contributed by atoms with Crippen molar-refractivity contribution in [2.75, 3.05) is 13.1 Å². The molecule has 1 aromatic heterocycles. The Kier molecular flexibility index (Phi) is 3.96. The molecule has 2 heterocycles. The first-order valence-electron chi connectivity index (χ1n) is 7.53. The van der Waals surface area contributed by atoms with E-state index >= 15 is 0 Å². The van der Waals surface area contributed by atoms with E-state index in [0.717, 1.165) is 56.8 Å². The highest BCUT2D eigenvalue weighted by atomic mass is 16.2. The van der Waals surface area contributed by atoms with Gasteiger partial charge in [0.15, 0.2) is 0 Å². The Hall–Kier alpha value is -1.49. The lowest BCUT2D eigenvalue weighted by Crippen LogP contribution is -2.45. The van der Waals surface area contributed by atoms with Gasteiger partial charge in [-0.1, -0.05) is 0 Å². The summed E-state index contributed by atoms with van der Waals surface area (Å²) in [6, 6.07) is 2.44. The first-order chi connectivity index (χ1) is 9.72. The van der Waals surface area contributed by atoms with Crippen LogP contribution in [0, 0.1) is 12.8 Å². The molecule has 2 aliphatic rings. The maximum Gasteiger partial charge on any atom is 0.225 e. The summed E-state index contributed by atoms with van der Waals surface area (Å²) < 4.78 is 0. The standard InChI is InChI=1S/C15H22N4O/c1-11-16-7-4-14(18-11)10-17-13-5-8-19(9-6-13)15(20)12-2-3-12/h4,7,12-13,17H,2-3,5-6,8-10H2,1H3. The third kappa shape index (κ3) is 3.33. The molecular formula is C15H22N4O. The smallest absolute Gasteiger partial charge is 0.225 e. The number of amides is 1. The Morgan fingerprint density at radius 1 is 1.35 bits per heavy atom. The van der Waals surface area contributed by atoms with Gasteiger partial charge in [-0.05, 0) is 38.7 Å². The SMILES string of the molecule is Cc1nccc(CNC2CCN(C(=O)C3CC3)CC2)n1. The van der Waals surface area contributed by atoms with Crippen LogP contribution in [0.25, 0.3) is 0 Å². The molecule has 0 atom stereocenters. The van der Waals surface area contributed by atoms with E-state index in [1.807, 2.05) is 17.9 Å². The molecule has 0 bridgehead atoms. The first kappa shape index (κ1) is 13.5. The van der Waals surface area contributed by atoms with E-state index in [4.69, 9.17) is 0 Å². The molecule has 108 valence electrons. The van der Waals surface area contributed by atoms with Gasteiger partial charge < -0.3 is 10.2 Å². The van der Waals surface area contributed by atoms with E-state index in [0.29, 0.717) is 17.9 Å². The molecule has 1 amide bonds. The fourth-order valence-electron chi connectivity index (χ4n) is 2.74. The molecule has 0 aromatic carbocycles. The average Bonchev–Trinajstić information content (AvgIpc) is 3.30. The topological polar surface area (TPSA) is 58.1 Å². The van der Waals surface area contributed by atoms with Gasteiger partial charge in [-0.15, -0.1) is 0 Å². The lowest BCUT2D eigenvalue weighted by molar-refractivity contribution is -0.133. The zero-order valence-electron chi connectivity index (χ0n) is 12.0. The van der Waals surface area contributed by atoms with Crippen LogP contribution in [0.15, 0.2) is 12.3 Å². The van der Waals surface area contributed by atoms with Crippen LogP contribution in [0.3, 0.4) is 0 Å². The van der Waals surface area contributed by atoms with Crippen LogP contribution >= 0.6 is 0 Å². The van der Waals surface area contributed by atoms with Gasteiger partial charge in [-0.2, -0.15) is 0 Å². The van der Waals surface area contributed by atoms with E-state index in [9.17, 15) is 4.79 Å². The van der Waals surface area contributed by atoms with Crippen molar-refractivity contribution in [1.29, 1.82) is 0 Å². The zero-order chi connectivity index (χ0) is 13.9. The van der Waals surface area contributed by atoms with Crippen molar-refractivity contribution in [3.63, 3.8) is 0 Å². The van der Waals surface area contributed by atoms with Crippen LogP contribution in [0.5, 0.6) is 0 Å². The van der Waals surface area contributed by atoms with Gasteiger partial charge in [0.1, 0.15) is 5.82 Å². The van der Waals surface area contributed by atoms with Gasteiger partial charge in [0.25, 0.3) is 0 Å². The van der Waals surface area contributed by atoms with Crippen LogP contribution in [-0.2, 0) is 11.3 Å². The number of aromatic nitrogens is 2. The minimum Gasteiger partial charge on any atom is -0.342 e. The molecule has 0 radical (unpaired) electrons. The molecule has 1 N–H and O–H groups in total. The normalized spacial score (nSPS) is 20.1. The highest BCUT2D eigenvalue weighted by molar-refractivity contribution is 5.81. The van der Waals surface area contributed by atoms with Crippen LogP contribution < -0.4 is 5.32 Å². The minimum absolute atomic E-state index is 0.350. The summed E-state index contributed by atoms with van der Waals surface area (Å²) in [5, 5.41) is 3.54. The van der Waals surface area contributed by atoms with E-state index in [2.05, 4.69) is 15.3 Å². The Balaban J connectivity index is 1.43. The Labute approximate surface area is 119 Å². The van der Waals surface area contributed by atoms with Gasteiger partial charge in [-0.25, -0.2) is 9.97 Å². The number of carbonyl (C=O) groups is 1. The second-order valence-electron chi connectivity index (χ2n) is 5.85. The van der Waals surface area contributed by atoms with E-state index in [1.165, 1.54) is 0 Å². The minimum atomic E-state index is 0.350. The van der Waals surface area contributed by atoms with E-state index in [-0.39, 0.29) is 0 Å². The van der Waals surface area contributed by atoms with Crippen molar-refractivity contribution in [2.24, 2.45) is 5.92 Å². The van der Waals surface area contributed by atoms with Crippen molar-refractivity contribution in [1.82, 2.24) is 20.2 Å². The molecule has 1 aliphatic carbocycles. The highest BCUT2D eigenvalue weighted by Gasteiger charge is 2.34. The predicted octanol–water partition coefficient (Wildman–Crippen LogP) is 1.28. The van der Waals surface area contributed by atoms with Crippen LogP contribution in [0.1, 0.15) is 37.2 Å². The molecule has 2 fully saturated rings.